The number of rotatable bonds is 3. The van der Waals surface area contributed by atoms with Crippen LogP contribution in [0, 0.1) is 0 Å². The minimum absolute atomic E-state index is 0.0333. The molecule has 1 aromatic rings. The van der Waals surface area contributed by atoms with Crippen molar-refractivity contribution in [2.75, 3.05) is 13.1 Å². The van der Waals surface area contributed by atoms with Crippen LogP contribution in [0.1, 0.15) is 19.3 Å². The summed E-state index contributed by atoms with van der Waals surface area (Å²) in [6, 6.07) is 4.49. The van der Waals surface area contributed by atoms with Crippen LogP contribution in [0.15, 0.2) is 23.1 Å². The first-order valence-electron chi connectivity index (χ1n) is 6.18. The smallest absolute Gasteiger partial charge is 0.242 e. The summed E-state index contributed by atoms with van der Waals surface area (Å²) in [6.07, 6.45) is 2.89. The molecule has 1 saturated heterocycles. The molecule has 0 aromatic heterocycles. The maximum Gasteiger partial charge on any atom is 0.242 e. The van der Waals surface area contributed by atoms with Gasteiger partial charge in [0.2, 0.25) is 10.0 Å². The van der Waals surface area contributed by atoms with Gasteiger partial charge >= 0.3 is 0 Å². The van der Waals surface area contributed by atoms with E-state index in [1.54, 1.807) is 12.1 Å². The van der Waals surface area contributed by atoms with Crippen molar-refractivity contribution in [3.05, 3.63) is 28.2 Å². The van der Waals surface area contributed by atoms with Gasteiger partial charge in [-0.05, 0) is 31.5 Å². The van der Waals surface area contributed by atoms with Crippen molar-refractivity contribution in [3.63, 3.8) is 0 Å². The molecule has 7 heteroatoms. The quantitative estimate of drug-likeness (QED) is 0.898. The van der Waals surface area contributed by atoms with E-state index in [0.717, 1.165) is 25.8 Å². The molecule has 0 radical (unpaired) electrons. The molecular weight excluding hydrogens is 307 g/mol. The Morgan fingerprint density at radius 1 is 1.26 bits per heavy atom. The first-order chi connectivity index (χ1) is 9.00. The van der Waals surface area contributed by atoms with Gasteiger partial charge < -0.3 is 5.32 Å². The minimum atomic E-state index is -3.64. The van der Waals surface area contributed by atoms with Crippen molar-refractivity contribution in [1.82, 2.24) is 10.0 Å². The molecule has 0 amide bonds. The molecule has 106 valence electrons. The molecule has 19 heavy (non-hydrogen) atoms. The summed E-state index contributed by atoms with van der Waals surface area (Å²) in [5.74, 6) is 0. The standard InChI is InChI=1S/C12H16Cl2N2O2S/c13-10-5-3-6-11(12(10)14)19(17,18)16-9-4-1-2-7-15-8-9/h3,5-6,9,15-16H,1-2,4,7-8H2. The zero-order valence-electron chi connectivity index (χ0n) is 10.3. The maximum atomic E-state index is 12.3. The van der Waals surface area contributed by atoms with Crippen molar-refractivity contribution in [3.8, 4) is 0 Å². The van der Waals surface area contributed by atoms with E-state index in [2.05, 4.69) is 10.0 Å². The second kappa shape index (κ2) is 6.41. The van der Waals surface area contributed by atoms with Gasteiger partial charge in [0.05, 0.1) is 10.0 Å². The lowest BCUT2D eigenvalue weighted by Crippen LogP contribution is -2.40. The van der Waals surface area contributed by atoms with E-state index in [-0.39, 0.29) is 21.0 Å². The van der Waals surface area contributed by atoms with Gasteiger partial charge in [-0.15, -0.1) is 0 Å². The average molecular weight is 323 g/mol. The molecule has 0 spiro atoms. The van der Waals surface area contributed by atoms with E-state index in [0.29, 0.717) is 6.54 Å². The molecule has 1 fully saturated rings. The molecule has 0 bridgehead atoms. The molecule has 1 aromatic carbocycles. The van der Waals surface area contributed by atoms with Crippen LogP contribution in [0.25, 0.3) is 0 Å². The molecule has 2 N–H and O–H groups in total. The Labute approximate surface area is 123 Å². The summed E-state index contributed by atoms with van der Waals surface area (Å²) < 4.78 is 27.3. The van der Waals surface area contributed by atoms with Crippen molar-refractivity contribution >= 4 is 33.2 Å². The zero-order chi connectivity index (χ0) is 13.9. The molecule has 1 heterocycles. The topological polar surface area (TPSA) is 58.2 Å². The molecule has 1 aliphatic rings. The largest absolute Gasteiger partial charge is 0.315 e. The Kier molecular flexibility index (Phi) is 5.09. The SMILES string of the molecule is O=S(=O)(NC1CCCCNC1)c1cccc(Cl)c1Cl. The number of nitrogens with one attached hydrogen (secondary N) is 2. The maximum absolute atomic E-state index is 12.3. The lowest BCUT2D eigenvalue weighted by atomic mass is 10.2. The molecule has 1 aliphatic heterocycles. The summed E-state index contributed by atoms with van der Waals surface area (Å²) in [5, 5.41) is 3.52. The number of hydrogen-bond acceptors (Lipinski definition) is 3. The van der Waals surface area contributed by atoms with Crippen molar-refractivity contribution in [2.45, 2.75) is 30.2 Å². The van der Waals surface area contributed by atoms with Gasteiger partial charge in [-0.25, -0.2) is 13.1 Å². The van der Waals surface area contributed by atoms with Crippen molar-refractivity contribution < 1.29 is 8.42 Å². The highest BCUT2D eigenvalue weighted by Gasteiger charge is 2.23. The summed E-state index contributed by atoms with van der Waals surface area (Å²) in [5.41, 5.74) is 0. The van der Waals surface area contributed by atoms with Crippen LogP contribution < -0.4 is 10.0 Å². The molecule has 0 saturated carbocycles. The fourth-order valence-corrected chi connectivity index (χ4v) is 4.13. The number of hydrogen-bond donors (Lipinski definition) is 2. The second-order valence-electron chi connectivity index (χ2n) is 4.57. The van der Waals surface area contributed by atoms with Crippen LogP contribution in [0.2, 0.25) is 10.0 Å². The molecule has 2 rings (SSSR count). The van der Waals surface area contributed by atoms with Crippen molar-refractivity contribution in [2.24, 2.45) is 0 Å². The number of halogens is 2. The van der Waals surface area contributed by atoms with Gasteiger partial charge in [-0.3, -0.25) is 0 Å². The highest BCUT2D eigenvalue weighted by Crippen LogP contribution is 2.29. The third-order valence-corrected chi connectivity index (χ3v) is 5.57. The first-order valence-corrected chi connectivity index (χ1v) is 8.41. The van der Waals surface area contributed by atoms with E-state index >= 15 is 0 Å². The molecule has 0 aliphatic carbocycles. The van der Waals surface area contributed by atoms with E-state index < -0.39 is 10.0 Å². The Balaban J connectivity index is 2.19. The van der Waals surface area contributed by atoms with E-state index in [4.69, 9.17) is 23.2 Å². The predicted octanol–water partition coefficient (Wildman–Crippen LogP) is 2.41. The molecule has 4 nitrogen and oxygen atoms in total. The average Bonchev–Trinajstić information content (AvgIpc) is 2.60. The Morgan fingerprint density at radius 2 is 2.05 bits per heavy atom. The van der Waals surface area contributed by atoms with Gasteiger partial charge in [0.15, 0.2) is 0 Å². The van der Waals surface area contributed by atoms with Crippen LogP contribution >= 0.6 is 23.2 Å². The molecular formula is C12H16Cl2N2O2S. The fraction of sp³-hybridized carbons (Fsp3) is 0.500. The summed E-state index contributed by atoms with van der Waals surface area (Å²) >= 11 is 11.8. The van der Waals surface area contributed by atoms with Gasteiger partial charge in [-0.2, -0.15) is 0 Å². The van der Waals surface area contributed by atoms with E-state index in [1.165, 1.54) is 6.07 Å². The van der Waals surface area contributed by atoms with Crippen LogP contribution in [0.3, 0.4) is 0 Å². The predicted molar refractivity (Wildman–Crippen MR) is 77.3 cm³/mol. The van der Waals surface area contributed by atoms with Crippen LogP contribution in [-0.4, -0.2) is 27.5 Å². The van der Waals surface area contributed by atoms with Gasteiger partial charge in [0.25, 0.3) is 0 Å². The summed E-state index contributed by atoms with van der Waals surface area (Å²) in [7, 11) is -3.64. The van der Waals surface area contributed by atoms with Crippen LogP contribution in [-0.2, 0) is 10.0 Å². The number of sulfonamides is 1. The third kappa shape index (κ3) is 3.83. The zero-order valence-corrected chi connectivity index (χ0v) is 12.7. The van der Waals surface area contributed by atoms with E-state index in [9.17, 15) is 8.42 Å². The number of benzene rings is 1. The van der Waals surface area contributed by atoms with Gasteiger partial charge in [0, 0.05) is 12.6 Å². The Bertz CT molecular complexity index is 541. The van der Waals surface area contributed by atoms with Gasteiger partial charge in [0.1, 0.15) is 4.90 Å². The van der Waals surface area contributed by atoms with Crippen LogP contribution in [0.4, 0.5) is 0 Å². The Morgan fingerprint density at radius 3 is 2.84 bits per heavy atom. The minimum Gasteiger partial charge on any atom is -0.315 e. The fourth-order valence-electron chi connectivity index (χ4n) is 2.09. The molecule has 1 atom stereocenters. The first kappa shape index (κ1) is 15.1. The molecule has 1 unspecified atom stereocenters. The lowest BCUT2D eigenvalue weighted by molar-refractivity contribution is 0.521. The lowest BCUT2D eigenvalue weighted by Gasteiger charge is -2.17. The monoisotopic (exact) mass is 322 g/mol. The van der Waals surface area contributed by atoms with Crippen molar-refractivity contribution in [1.29, 1.82) is 0 Å². The third-order valence-electron chi connectivity index (χ3n) is 3.07. The van der Waals surface area contributed by atoms with Crippen LogP contribution in [0.5, 0.6) is 0 Å². The summed E-state index contributed by atoms with van der Waals surface area (Å²) in [4.78, 5) is 0.0333. The van der Waals surface area contributed by atoms with Gasteiger partial charge in [-0.1, -0.05) is 35.7 Å². The Hall–Kier alpha value is -0.330. The normalized spacial score (nSPS) is 21.1. The highest BCUT2D eigenvalue weighted by molar-refractivity contribution is 7.89. The highest BCUT2D eigenvalue weighted by atomic mass is 35.5. The second-order valence-corrected chi connectivity index (χ2v) is 7.04. The summed E-state index contributed by atoms with van der Waals surface area (Å²) in [6.45, 7) is 1.56. The van der Waals surface area contributed by atoms with E-state index in [1.807, 2.05) is 0 Å².